The zero-order chi connectivity index (χ0) is 26.0. The predicted molar refractivity (Wildman–Crippen MR) is 141 cm³/mol. The lowest BCUT2D eigenvalue weighted by Crippen LogP contribution is -2.39. The zero-order valence-electron chi connectivity index (χ0n) is 21.4. The van der Waals surface area contributed by atoms with Crippen LogP contribution in [0.25, 0.3) is 16.8 Å². The van der Waals surface area contributed by atoms with E-state index in [1.165, 1.54) is 17.5 Å². The first-order valence-corrected chi connectivity index (χ1v) is 13.0. The van der Waals surface area contributed by atoms with Gasteiger partial charge in [-0.05, 0) is 54.7 Å². The van der Waals surface area contributed by atoms with Crippen LogP contribution in [0, 0.1) is 17.8 Å². The molecule has 2 aromatic rings. The smallest absolute Gasteiger partial charge is 0.233 e. The molecule has 0 saturated carbocycles. The molecule has 2 amide bonds. The summed E-state index contributed by atoms with van der Waals surface area (Å²) < 4.78 is 0. The van der Waals surface area contributed by atoms with Crippen molar-refractivity contribution in [2.45, 2.75) is 58.5 Å². The third kappa shape index (κ3) is 4.72. The molecule has 4 rings (SSSR count). The Labute approximate surface area is 212 Å². The van der Waals surface area contributed by atoms with Gasteiger partial charge in [0.2, 0.25) is 11.8 Å². The fourth-order valence-corrected chi connectivity index (χ4v) is 6.18. The highest BCUT2D eigenvalue weighted by Crippen LogP contribution is 2.46. The highest BCUT2D eigenvalue weighted by Gasteiger charge is 2.53. The second-order valence-electron chi connectivity index (χ2n) is 10.1. The molecular formula is C30H37NO5. The Bertz CT molecular complexity index is 1210. The Balaban J connectivity index is 1.60. The number of amides is 2. The van der Waals surface area contributed by atoms with Crippen LogP contribution in [0.3, 0.4) is 0 Å². The van der Waals surface area contributed by atoms with E-state index in [0.717, 1.165) is 40.3 Å². The van der Waals surface area contributed by atoms with Gasteiger partial charge >= 0.3 is 0 Å². The molecule has 36 heavy (non-hydrogen) atoms. The molecule has 0 aromatic heterocycles. The number of rotatable bonds is 9. The minimum Gasteiger partial charge on any atom is -0.507 e. The SMILES string of the molecule is CCC/C(=C\c1ccc(O)c2ccccc12)CC[C@@H](O)C1=C(CC)C[C@H]2C(=O)N(C)C(=O)[C@H]2[C@H]1CO. The Morgan fingerprint density at radius 1 is 1.08 bits per heavy atom. The Kier molecular flexibility index (Phi) is 7.96. The fourth-order valence-electron chi connectivity index (χ4n) is 6.18. The van der Waals surface area contributed by atoms with Crippen molar-refractivity contribution in [1.82, 2.24) is 4.90 Å². The topological polar surface area (TPSA) is 98.1 Å². The molecule has 1 heterocycles. The largest absolute Gasteiger partial charge is 0.507 e. The molecule has 192 valence electrons. The molecule has 4 atom stereocenters. The summed E-state index contributed by atoms with van der Waals surface area (Å²) in [6.07, 6.45) is 5.51. The molecule has 2 aromatic carbocycles. The predicted octanol–water partition coefficient (Wildman–Crippen LogP) is 4.82. The van der Waals surface area contributed by atoms with Crippen LogP contribution in [0.15, 0.2) is 53.1 Å². The Morgan fingerprint density at radius 2 is 1.81 bits per heavy atom. The van der Waals surface area contributed by atoms with Crippen molar-refractivity contribution in [1.29, 1.82) is 0 Å². The van der Waals surface area contributed by atoms with Crippen molar-refractivity contribution in [3.05, 3.63) is 58.7 Å². The average Bonchev–Trinajstić information content (AvgIpc) is 3.11. The first-order valence-electron chi connectivity index (χ1n) is 13.0. The van der Waals surface area contributed by atoms with Gasteiger partial charge in [0.25, 0.3) is 0 Å². The lowest BCUT2D eigenvalue weighted by atomic mass is 9.67. The van der Waals surface area contributed by atoms with Gasteiger partial charge in [-0.15, -0.1) is 0 Å². The number of likely N-dealkylation sites (tertiary alicyclic amines) is 1. The molecule has 1 fully saturated rings. The number of aliphatic hydroxyl groups excluding tert-OH is 2. The van der Waals surface area contributed by atoms with Crippen molar-refractivity contribution in [3.8, 4) is 5.75 Å². The third-order valence-corrected chi connectivity index (χ3v) is 7.99. The summed E-state index contributed by atoms with van der Waals surface area (Å²) in [5, 5.41) is 33.7. The van der Waals surface area contributed by atoms with Gasteiger partial charge in [-0.25, -0.2) is 0 Å². The highest BCUT2D eigenvalue weighted by atomic mass is 16.3. The van der Waals surface area contributed by atoms with Gasteiger partial charge in [0.15, 0.2) is 0 Å². The molecule has 6 heteroatoms. The number of carbonyl (C=O) groups is 2. The van der Waals surface area contributed by atoms with E-state index in [4.69, 9.17) is 0 Å². The number of phenolic OH excluding ortho intramolecular Hbond substituents is 1. The Hall–Kier alpha value is -2.96. The van der Waals surface area contributed by atoms with Gasteiger partial charge in [-0.2, -0.15) is 0 Å². The van der Waals surface area contributed by atoms with Crippen molar-refractivity contribution >= 4 is 28.7 Å². The first-order chi connectivity index (χ1) is 17.3. The number of allylic oxidation sites excluding steroid dienone is 2. The summed E-state index contributed by atoms with van der Waals surface area (Å²) in [6, 6.07) is 11.4. The Morgan fingerprint density at radius 3 is 2.47 bits per heavy atom. The number of aromatic hydroxyl groups is 1. The standard InChI is InChI=1S/C30H37NO5/c1-4-8-18(15-20-12-14-25(33)22-10-7-6-9-21(20)22)11-13-26(34)27-19(5-2)16-23-28(24(27)17-32)30(36)31(3)29(23)35/h6-7,9-10,12,14-15,23-24,26,28,32-34H,4-5,8,11,13,16-17H2,1-3H3/b18-15+/t23-,24+,26-,28-/m1/s1. The van der Waals surface area contributed by atoms with Crippen LogP contribution in [0.4, 0.5) is 0 Å². The lowest BCUT2D eigenvalue weighted by Gasteiger charge is -2.36. The van der Waals surface area contributed by atoms with E-state index < -0.39 is 23.9 Å². The number of phenols is 1. The number of aliphatic hydroxyl groups is 2. The number of fused-ring (bicyclic) bond motifs is 2. The van der Waals surface area contributed by atoms with Gasteiger partial charge in [0, 0.05) is 18.4 Å². The second kappa shape index (κ2) is 11.0. The molecular weight excluding hydrogens is 454 g/mol. The molecule has 0 unspecified atom stereocenters. The molecule has 1 aliphatic carbocycles. The minimum atomic E-state index is -0.788. The zero-order valence-corrected chi connectivity index (χ0v) is 21.4. The van der Waals surface area contributed by atoms with Crippen LogP contribution in [0.1, 0.15) is 57.9 Å². The number of carbonyl (C=O) groups excluding carboxylic acids is 2. The van der Waals surface area contributed by atoms with Crippen molar-refractivity contribution < 1.29 is 24.9 Å². The molecule has 0 spiro atoms. The van der Waals surface area contributed by atoms with Gasteiger partial charge < -0.3 is 15.3 Å². The van der Waals surface area contributed by atoms with Crippen molar-refractivity contribution in [2.75, 3.05) is 13.7 Å². The molecule has 2 aliphatic rings. The van der Waals surface area contributed by atoms with Gasteiger partial charge in [-0.1, -0.05) is 67.8 Å². The summed E-state index contributed by atoms with van der Waals surface area (Å²) in [5.74, 6) is -1.75. The summed E-state index contributed by atoms with van der Waals surface area (Å²) in [6.45, 7) is 3.86. The van der Waals surface area contributed by atoms with Crippen LogP contribution in [0.2, 0.25) is 0 Å². The molecule has 1 saturated heterocycles. The van der Waals surface area contributed by atoms with E-state index in [9.17, 15) is 24.9 Å². The van der Waals surface area contributed by atoms with Crippen molar-refractivity contribution in [2.24, 2.45) is 17.8 Å². The quantitative estimate of drug-likeness (QED) is 0.345. The monoisotopic (exact) mass is 491 g/mol. The molecule has 6 nitrogen and oxygen atoms in total. The van der Waals surface area contributed by atoms with Crippen LogP contribution >= 0.6 is 0 Å². The molecule has 3 N–H and O–H groups in total. The molecule has 1 aliphatic heterocycles. The van der Waals surface area contributed by atoms with E-state index in [1.807, 2.05) is 37.3 Å². The van der Waals surface area contributed by atoms with Gasteiger partial charge in [-0.3, -0.25) is 14.5 Å². The van der Waals surface area contributed by atoms with Gasteiger partial charge in [0.1, 0.15) is 5.75 Å². The normalized spacial score (nSPS) is 23.5. The summed E-state index contributed by atoms with van der Waals surface area (Å²) >= 11 is 0. The van der Waals surface area contributed by atoms with Gasteiger partial charge in [0.05, 0.1) is 24.5 Å². The summed E-state index contributed by atoms with van der Waals surface area (Å²) in [7, 11) is 1.51. The van der Waals surface area contributed by atoms with E-state index >= 15 is 0 Å². The summed E-state index contributed by atoms with van der Waals surface area (Å²) in [4.78, 5) is 26.7. The maximum Gasteiger partial charge on any atom is 0.233 e. The number of imide groups is 1. The maximum atomic E-state index is 12.8. The van der Waals surface area contributed by atoms with E-state index in [2.05, 4.69) is 13.0 Å². The average molecular weight is 492 g/mol. The first kappa shape index (κ1) is 26.1. The lowest BCUT2D eigenvalue weighted by molar-refractivity contribution is -0.138. The number of hydrogen-bond donors (Lipinski definition) is 3. The third-order valence-electron chi connectivity index (χ3n) is 7.99. The summed E-state index contributed by atoms with van der Waals surface area (Å²) in [5.41, 5.74) is 3.97. The highest BCUT2D eigenvalue weighted by molar-refractivity contribution is 6.05. The van der Waals surface area contributed by atoms with E-state index in [0.29, 0.717) is 25.7 Å². The van der Waals surface area contributed by atoms with E-state index in [1.54, 1.807) is 6.07 Å². The number of nitrogens with zero attached hydrogens (tertiary/aromatic N) is 1. The van der Waals surface area contributed by atoms with Crippen LogP contribution < -0.4 is 0 Å². The number of benzene rings is 2. The van der Waals surface area contributed by atoms with Crippen LogP contribution in [-0.4, -0.2) is 51.8 Å². The van der Waals surface area contributed by atoms with Crippen molar-refractivity contribution in [3.63, 3.8) is 0 Å². The van der Waals surface area contributed by atoms with Crippen LogP contribution in [0.5, 0.6) is 5.75 Å². The molecule has 0 radical (unpaired) electrons. The van der Waals surface area contributed by atoms with E-state index in [-0.39, 0.29) is 24.2 Å². The second-order valence-corrected chi connectivity index (χ2v) is 10.1. The fraction of sp³-hybridized carbons (Fsp3) is 0.467. The van der Waals surface area contributed by atoms with Crippen LogP contribution in [-0.2, 0) is 9.59 Å². The number of hydrogen-bond acceptors (Lipinski definition) is 5. The molecule has 0 bridgehead atoms. The maximum absolute atomic E-state index is 12.8. The minimum absolute atomic E-state index is 0.183.